The standard InChI is InChI=1S/C21H25N3O4S.C20H23N3O4S.C14H9ClN2O2S.C4H11NO2.CH3I.2CH4.HI/c1-14-18(21(26)28-12-11-27-10-9-24(2,3)4)23-20(29-14)19(25)16-13-22-17-8-6-5-7-15(16)17;1-13-17(20(25)27-11-10-26-9-8-23(2)3)22-19(28-13)18(24)15-12-21-16-7-5-4-6-14(15)16;1-7-11(13(15)19)17-14(20-7)12(18)9-6-16-10-5-3-2-4-8(9)10;5-1-3-7-4-2-6;1-2;;;/h5-8,13H,9-12H2,1-4H3;4-7,12,21H,8-11H2,1-3H3;2-6,16H,1H3;6H,1-5H2;1H3;2*1H4;1H. The van der Waals surface area contributed by atoms with Crippen molar-refractivity contribution in [3.63, 3.8) is 0 Å². The molecule has 0 saturated carbocycles. The molecule has 89 heavy (non-hydrogen) atoms. The van der Waals surface area contributed by atoms with Gasteiger partial charge in [0.1, 0.15) is 25.5 Å². The van der Waals surface area contributed by atoms with Crippen molar-refractivity contribution >= 4 is 135 Å². The van der Waals surface area contributed by atoms with Crippen LogP contribution in [0.15, 0.2) is 91.4 Å². The lowest BCUT2D eigenvalue weighted by molar-refractivity contribution is -0.870. The largest absolute Gasteiger partial charge is 1.00 e. The van der Waals surface area contributed by atoms with Gasteiger partial charge in [-0.2, -0.15) is 0 Å². The lowest BCUT2D eigenvalue weighted by Gasteiger charge is -2.23. The fraction of sp³-hybridized carbons (Fsp3) is 0.371. The minimum atomic E-state index is -0.642. The number of alkyl halides is 1. The number of ketones is 3. The molecule has 0 radical (unpaired) electrons. The van der Waals surface area contributed by atoms with Crippen LogP contribution < -0.4 is 29.7 Å². The first-order valence-electron chi connectivity index (χ1n) is 26.9. The van der Waals surface area contributed by atoms with Gasteiger partial charge in [-0.15, -0.1) is 34.0 Å². The number of carbonyl (C=O) groups excluding carboxylic acids is 6. The number of carbonyl (C=O) groups is 6. The number of halogens is 3. The van der Waals surface area contributed by atoms with E-state index in [4.69, 9.17) is 46.1 Å². The van der Waals surface area contributed by atoms with Crippen LogP contribution in [0.1, 0.15) is 107 Å². The molecule has 484 valence electrons. The number of nitrogens with one attached hydrogen (secondary N) is 3. The molecule has 0 saturated heterocycles. The molecule has 0 aliphatic heterocycles. The molecule has 0 fully saturated rings. The van der Waals surface area contributed by atoms with E-state index in [1.165, 1.54) is 34.0 Å². The van der Waals surface area contributed by atoms with Crippen LogP contribution in [0.5, 0.6) is 0 Å². The van der Waals surface area contributed by atoms with E-state index in [0.717, 1.165) is 50.3 Å². The third-order valence-electron chi connectivity index (χ3n) is 12.1. The number of para-hydroxylation sites is 3. The molecule has 0 aliphatic rings. The van der Waals surface area contributed by atoms with Crippen molar-refractivity contribution in [2.75, 3.05) is 119 Å². The van der Waals surface area contributed by atoms with Crippen molar-refractivity contribution in [3.8, 4) is 0 Å². The molecule has 0 aliphatic carbocycles. The van der Waals surface area contributed by atoms with Gasteiger partial charge in [0.15, 0.2) is 26.4 Å². The molecule has 21 nitrogen and oxygen atoms in total. The second-order valence-corrected chi connectivity index (χ2v) is 23.7. The number of hydrogen-bond donors (Lipinski definition) is 5. The molecular weight excluding hydrogens is 1450 g/mol. The summed E-state index contributed by atoms with van der Waals surface area (Å²) in [6, 6.07) is 22.7. The number of aryl methyl sites for hydroxylation is 3. The van der Waals surface area contributed by atoms with Crippen molar-refractivity contribution in [1.82, 2.24) is 34.8 Å². The third-order valence-corrected chi connectivity index (χ3v) is 15.1. The van der Waals surface area contributed by atoms with E-state index in [-0.39, 0.29) is 108 Å². The molecule has 0 amide bonds. The topological polar surface area (TPSA) is 284 Å². The Morgan fingerprint density at radius 2 is 0.910 bits per heavy atom. The SMILES string of the molecule is C.C.CI.Cc1sc(C(=O)c2c[nH]c3ccccc23)nc1C(=O)Cl.Cc1sc(C(=O)c2c[nH]c3ccccc23)nc1C(=O)OCCOCCN(C)C.Cc1sc(C(=O)c2c[nH]c3ccccc23)nc1C(=O)OCCOCC[N+](C)(C)C.NCCOCCO.[I-]. The summed E-state index contributed by atoms with van der Waals surface area (Å²) in [5.41, 5.74) is 9.86. The van der Waals surface area contributed by atoms with Crippen LogP contribution in [0.4, 0.5) is 0 Å². The molecule has 27 heteroatoms. The molecule has 9 rings (SSSR count). The predicted octanol–water partition coefficient (Wildman–Crippen LogP) is 7.77. The van der Waals surface area contributed by atoms with Crippen molar-refractivity contribution in [2.45, 2.75) is 35.6 Å². The Morgan fingerprint density at radius 1 is 0.562 bits per heavy atom. The Kier molecular flexibility index (Phi) is 35.8. The highest BCUT2D eigenvalue weighted by atomic mass is 127. The summed E-state index contributed by atoms with van der Waals surface area (Å²) in [6.45, 7) is 10.6. The highest BCUT2D eigenvalue weighted by Crippen LogP contribution is 2.29. The fourth-order valence-electron chi connectivity index (χ4n) is 7.73. The average Bonchev–Trinajstić information content (AvgIpc) is 2.85. The van der Waals surface area contributed by atoms with Crippen LogP contribution in [0.25, 0.3) is 32.7 Å². The van der Waals surface area contributed by atoms with Gasteiger partial charge in [0.05, 0.1) is 84.1 Å². The van der Waals surface area contributed by atoms with Crippen LogP contribution in [0.3, 0.4) is 0 Å². The number of hydrogen-bond acceptors (Lipinski definition) is 20. The van der Waals surface area contributed by atoms with Crippen LogP contribution in [0, 0.1) is 20.8 Å². The van der Waals surface area contributed by atoms with E-state index in [0.29, 0.717) is 77.5 Å². The van der Waals surface area contributed by atoms with E-state index in [1.807, 2.05) is 96.7 Å². The second kappa shape index (κ2) is 40.2. The number of H-pyrrole nitrogens is 3. The lowest BCUT2D eigenvalue weighted by atomic mass is 10.1. The van der Waals surface area contributed by atoms with Crippen LogP contribution in [-0.2, 0) is 23.7 Å². The zero-order valence-electron chi connectivity index (χ0n) is 49.8. The van der Waals surface area contributed by atoms with Crippen molar-refractivity contribution < 1.29 is 86.0 Å². The lowest BCUT2D eigenvalue weighted by Crippen LogP contribution is -3.00. The molecular formula is C62H80ClI2N9O12S3. The Hall–Kier alpha value is -5.74. The number of likely N-dealkylation sites (N-methyl/N-ethyl adjacent to an activating group) is 2. The first-order chi connectivity index (χ1) is 41.2. The molecule has 3 aromatic carbocycles. The number of fused-ring (bicyclic) bond motifs is 3. The predicted molar refractivity (Wildman–Crippen MR) is 360 cm³/mol. The Labute approximate surface area is 567 Å². The molecule has 6 aromatic heterocycles. The zero-order chi connectivity index (χ0) is 62.9. The number of quaternary nitrogens is 1. The van der Waals surface area contributed by atoms with Crippen molar-refractivity contribution in [3.05, 3.63) is 155 Å². The molecule has 9 aromatic rings. The van der Waals surface area contributed by atoms with E-state index in [9.17, 15) is 28.8 Å². The number of thiazole rings is 3. The number of aliphatic hydroxyl groups is 1. The van der Waals surface area contributed by atoms with Gasteiger partial charge < -0.3 is 82.8 Å². The maximum absolute atomic E-state index is 12.9. The van der Waals surface area contributed by atoms with Gasteiger partial charge in [0.25, 0.3) is 5.24 Å². The molecule has 0 unspecified atom stereocenters. The molecule has 6 heterocycles. The van der Waals surface area contributed by atoms with Crippen molar-refractivity contribution in [1.29, 1.82) is 0 Å². The summed E-state index contributed by atoms with van der Waals surface area (Å²) < 4.78 is 26.9. The van der Waals surface area contributed by atoms with Gasteiger partial charge in [-0.05, 0) is 69.6 Å². The maximum Gasteiger partial charge on any atom is 0.358 e. The molecule has 0 atom stereocenters. The minimum Gasteiger partial charge on any atom is -1.00 e. The number of esters is 2. The van der Waals surface area contributed by atoms with Gasteiger partial charge in [-0.25, -0.2) is 24.5 Å². The normalized spacial score (nSPS) is 10.6. The number of benzene rings is 3. The van der Waals surface area contributed by atoms with E-state index < -0.39 is 17.2 Å². The maximum atomic E-state index is 12.9. The number of rotatable bonds is 25. The summed E-state index contributed by atoms with van der Waals surface area (Å²) in [5.74, 6) is -1.70. The first kappa shape index (κ1) is 79.4. The molecule has 0 spiro atoms. The summed E-state index contributed by atoms with van der Waals surface area (Å²) in [5, 5.41) is 10.8. The zero-order valence-corrected chi connectivity index (χ0v) is 57.3. The van der Waals surface area contributed by atoms with E-state index in [2.05, 4.69) is 73.6 Å². The highest BCUT2D eigenvalue weighted by Gasteiger charge is 2.26. The summed E-state index contributed by atoms with van der Waals surface area (Å²) in [6.07, 6.45) is 5.01. The monoisotopic (exact) mass is 1530 g/mol. The number of ether oxygens (including phenoxy) is 5. The van der Waals surface area contributed by atoms with Crippen LogP contribution in [-0.4, -0.2) is 198 Å². The van der Waals surface area contributed by atoms with Gasteiger partial charge in [-0.1, -0.05) is 92.0 Å². The minimum absolute atomic E-state index is 0. The van der Waals surface area contributed by atoms with Crippen LogP contribution >= 0.6 is 68.2 Å². The summed E-state index contributed by atoms with van der Waals surface area (Å²) in [4.78, 5) is 102. The average molecular weight is 1530 g/mol. The Bertz CT molecular complexity index is 3680. The quantitative estimate of drug-likeness (QED) is 0.00695. The van der Waals surface area contributed by atoms with Gasteiger partial charge >= 0.3 is 11.9 Å². The van der Waals surface area contributed by atoms with E-state index in [1.54, 1.807) is 39.4 Å². The van der Waals surface area contributed by atoms with Gasteiger partial charge in [0, 0.05) is 79.0 Å². The number of aliphatic hydroxyl groups excluding tert-OH is 1. The third kappa shape index (κ3) is 23.8. The number of aromatic nitrogens is 6. The smallest absolute Gasteiger partial charge is 0.358 e. The Morgan fingerprint density at radius 3 is 1.25 bits per heavy atom. The first-order valence-corrected chi connectivity index (χ1v) is 31.9. The highest BCUT2D eigenvalue weighted by molar-refractivity contribution is 14.1. The fourth-order valence-corrected chi connectivity index (χ4v) is 10.5. The van der Waals surface area contributed by atoms with Gasteiger partial charge in [0.2, 0.25) is 17.3 Å². The summed E-state index contributed by atoms with van der Waals surface area (Å²) in [7, 11) is 10.2. The number of nitrogens with zero attached hydrogens (tertiary/aromatic N) is 5. The van der Waals surface area contributed by atoms with Crippen molar-refractivity contribution in [2.24, 2.45) is 5.73 Å². The Balaban J connectivity index is 0.000000424. The number of aromatic amines is 3. The van der Waals surface area contributed by atoms with Crippen LogP contribution in [0.2, 0.25) is 0 Å². The molecule has 6 N–H and O–H groups in total. The second-order valence-electron chi connectivity index (χ2n) is 19.7. The van der Waals surface area contributed by atoms with E-state index >= 15 is 0 Å². The van der Waals surface area contributed by atoms with Gasteiger partial charge in [-0.3, -0.25) is 19.2 Å². The molecule has 0 bridgehead atoms. The number of nitrogens with two attached hydrogens (primary N) is 1. The summed E-state index contributed by atoms with van der Waals surface area (Å²) >= 11 is 11.2.